The zero-order valence-electron chi connectivity index (χ0n) is 13.3. The molecular weight excluding hydrogens is 327 g/mol. The maximum absolute atomic E-state index is 10.6. The Labute approximate surface area is 138 Å². The summed E-state index contributed by atoms with van der Waals surface area (Å²) in [6.45, 7) is 0. The molecule has 0 saturated heterocycles. The Balaban J connectivity index is 0.000000351. The van der Waals surface area contributed by atoms with Crippen LogP contribution in [0.1, 0.15) is 44.9 Å². The van der Waals surface area contributed by atoms with Crippen molar-refractivity contribution in [2.75, 3.05) is 0 Å². The highest BCUT2D eigenvalue weighted by molar-refractivity contribution is 5.73. The number of aliphatic carboxylic acids is 2. The van der Waals surface area contributed by atoms with Crippen molar-refractivity contribution in [3.8, 4) is 0 Å². The highest BCUT2D eigenvalue weighted by Crippen LogP contribution is 2.48. The van der Waals surface area contributed by atoms with Crippen molar-refractivity contribution in [2.45, 2.75) is 57.2 Å². The maximum atomic E-state index is 10.6. The summed E-state index contributed by atoms with van der Waals surface area (Å²) in [5, 5.41) is 15.6. The molecule has 5 nitrogen and oxygen atoms in total. The number of carbonyl (C=O) groups is 2. The van der Waals surface area contributed by atoms with E-state index in [0.29, 0.717) is 12.0 Å². The van der Waals surface area contributed by atoms with Gasteiger partial charge < -0.3 is 15.9 Å². The predicted molar refractivity (Wildman–Crippen MR) is 81.2 cm³/mol. The van der Waals surface area contributed by atoms with E-state index in [1.807, 2.05) is 0 Å². The first kappa shape index (κ1) is 20.5. The van der Waals surface area contributed by atoms with Crippen LogP contribution in [-0.2, 0) is 9.59 Å². The lowest BCUT2D eigenvalue weighted by molar-refractivity contribution is -0.192. The first-order valence-corrected chi connectivity index (χ1v) is 8.05. The lowest BCUT2D eigenvalue weighted by Gasteiger charge is -2.27. The third kappa shape index (κ3) is 6.51. The van der Waals surface area contributed by atoms with Gasteiger partial charge in [-0.2, -0.15) is 13.2 Å². The van der Waals surface area contributed by atoms with Gasteiger partial charge in [0.1, 0.15) is 0 Å². The minimum absolute atomic E-state index is 0.276. The number of rotatable bonds is 6. The van der Waals surface area contributed by atoms with Crippen molar-refractivity contribution in [3.63, 3.8) is 0 Å². The molecule has 0 aromatic rings. The van der Waals surface area contributed by atoms with E-state index in [0.717, 1.165) is 31.1 Å². The molecule has 0 aliphatic heterocycles. The molecule has 4 N–H and O–H groups in total. The van der Waals surface area contributed by atoms with Gasteiger partial charge in [0.15, 0.2) is 0 Å². The van der Waals surface area contributed by atoms with Crippen molar-refractivity contribution in [1.82, 2.24) is 0 Å². The van der Waals surface area contributed by atoms with Crippen LogP contribution < -0.4 is 5.73 Å². The fourth-order valence-electron chi connectivity index (χ4n) is 3.55. The fraction of sp³-hybridized carbons (Fsp3) is 0.750. The molecule has 24 heavy (non-hydrogen) atoms. The largest absolute Gasteiger partial charge is 0.490 e. The predicted octanol–water partition coefficient (Wildman–Crippen LogP) is 3.19. The Hall–Kier alpha value is -1.57. The Bertz CT molecular complexity index is 463. The van der Waals surface area contributed by atoms with Gasteiger partial charge in [-0.3, -0.25) is 4.79 Å². The van der Waals surface area contributed by atoms with E-state index in [-0.39, 0.29) is 6.42 Å². The first-order chi connectivity index (χ1) is 11.1. The average molecular weight is 351 g/mol. The maximum Gasteiger partial charge on any atom is 0.490 e. The van der Waals surface area contributed by atoms with E-state index in [2.05, 4.69) is 12.2 Å². The molecule has 4 atom stereocenters. The molecule has 2 aliphatic carbocycles. The summed E-state index contributed by atoms with van der Waals surface area (Å²) in [5.74, 6) is -1.13. The summed E-state index contributed by atoms with van der Waals surface area (Å²) in [7, 11) is 0. The van der Waals surface area contributed by atoms with E-state index >= 15 is 0 Å². The highest BCUT2D eigenvalue weighted by atomic mass is 19.4. The number of nitrogens with two attached hydrogens (primary N) is 1. The van der Waals surface area contributed by atoms with Crippen LogP contribution in [0.25, 0.3) is 0 Å². The van der Waals surface area contributed by atoms with Gasteiger partial charge in [0, 0.05) is 12.5 Å². The molecule has 0 aromatic carbocycles. The van der Waals surface area contributed by atoms with Crippen LogP contribution in [0.3, 0.4) is 0 Å². The first-order valence-electron chi connectivity index (χ1n) is 8.05. The van der Waals surface area contributed by atoms with Crippen LogP contribution in [0, 0.1) is 17.8 Å². The third-order valence-electron chi connectivity index (χ3n) is 4.74. The minimum atomic E-state index is -5.08. The van der Waals surface area contributed by atoms with E-state index in [1.165, 1.54) is 19.3 Å². The molecule has 0 spiro atoms. The normalized spacial score (nSPS) is 28.7. The summed E-state index contributed by atoms with van der Waals surface area (Å²) in [5.41, 5.74) is 6.23. The summed E-state index contributed by atoms with van der Waals surface area (Å²) in [4.78, 5) is 19.2. The van der Waals surface area contributed by atoms with Gasteiger partial charge in [-0.25, -0.2) is 4.79 Å². The van der Waals surface area contributed by atoms with Gasteiger partial charge in [-0.15, -0.1) is 0 Å². The summed E-state index contributed by atoms with van der Waals surface area (Å²) in [6.07, 6.45) is 6.30. The quantitative estimate of drug-likeness (QED) is 0.504. The van der Waals surface area contributed by atoms with Crippen LogP contribution in [0.15, 0.2) is 12.2 Å². The molecule has 0 amide bonds. The topological polar surface area (TPSA) is 101 Å². The van der Waals surface area contributed by atoms with Crippen LogP contribution in [0.5, 0.6) is 0 Å². The molecule has 2 bridgehead atoms. The molecule has 8 heteroatoms. The molecule has 0 aromatic heterocycles. The molecular formula is C16H24F3NO4. The lowest BCUT2D eigenvalue weighted by atomic mass is 9.83. The summed E-state index contributed by atoms with van der Waals surface area (Å²) < 4.78 is 31.7. The zero-order valence-corrected chi connectivity index (χ0v) is 13.3. The molecule has 2 rings (SSSR count). The number of alkyl halides is 3. The minimum Gasteiger partial charge on any atom is -0.481 e. The number of hydrogen-bond donors (Lipinski definition) is 3. The van der Waals surface area contributed by atoms with Crippen molar-refractivity contribution in [2.24, 2.45) is 23.5 Å². The van der Waals surface area contributed by atoms with Crippen molar-refractivity contribution < 1.29 is 33.0 Å². The molecule has 138 valence electrons. The number of carboxylic acid groups (broad SMARTS) is 2. The highest BCUT2D eigenvalue weighted by Gasteiger charge is 2.44. The van der Waals surface area contributed by atoms with Crippen molar-refractivity contribution in [3.05, 3.63) is 12.2 Å². The molecule has 2 fully saturated rings. The van der Waals surface area contributed by atoms with Crippen LogP contribution in [0.2, 0.25) is 0 Å². The van der Waals surface area contributed by atoms with E-state index in [1.54, 1.807) is 0 Å². The SMILES string of the molecule is N[C@H]1[C@H]2CC[C@H](C2)[C@@H]1CC=CCCCC(=O)O.O=C(O)C(F)(F)F. The second-order valence-electron chi connectivity index (χ2n) is 6.37. The second-order valence-corrected chi connectivity index (χ2v) is 6.37. The number of fused-ring (bicyclic) bond motifs is 2. The van der Waals surface area contributed by atoms with Gasteiger partial charge in [0.05, 0.1) is 0 Å². The second kappa shape index (κ2) is 9.05. The molecule has 0 radical (unpaired) electrons. The monoisotopic (exact) mass is 351 g/mol. The Kier molecular flexibility index (Phi) is 7.72. The molecule has 2 aliphatic rings. The summed E-state index contributed by atoms with van der Waals surface area (Å²) in [6, 6.07) is 0.414. The van der Waals surface area contributed by atoms with Crippen molar-refractivity contribution >= 4 is 11.9 Å². The van der Waals surface area contributed by atoms with Gasteiger partial charge in [-0.1, -0.05) is 12.2 Å². The molecule has 2 saturated carbocycles. The van der Waals surface area contributed by atoms with E-state index in [9.17, 15) is 18.0 Å². The van der Waals surface area contributed by atoms with Crippen molar-refractivity contribution in [1.29, 1.82) is 0 Å². The fourth-order valence-corrected chi connectivity index (χ4v) is 3.55. The van der Waals surface area contributed by atoms with E-state index < -0.39 is 18.1 Å². The zero-order chi connectivity index (χ0) is 18.3. The number of allylic oxidation sites excluding steroid dienone is 2. The molecule has 0 heterocycles. The number of halogens is 3. The van der Waals surface area contributed by atoms with E-state index in [4.69, 9.17) is 20.7 Å². The number of unbranched alkanes of at least 4 members (excludes halogenated alkanes) is 1. The van der Waals surface area contributed by atoms with Gasteiger partial charge >= 0.3 is 18.1 Å². The smallest absolute Gasteiger partial charge is 0.481 e. The number of hydrogen-bond acceptors (Lipinski definition) is 3. The van der Waals surface area contributed by atoms with Gasteiger partial charge in [0.25, 0.3) is 0 Å². The van der Waals surface area contributed by atoms with Gasteiger partial charge in [-0.05, 0) is 56.3 Å². The standard InChI is InChI=1S/C14H23NO2.C2HF3O2/c15-14-11-8-7-10(9-11)12(14)5-3-1-2-4-6-13(16)17;3-2(4,5)1(6)7/h1,3,10-12,14H,2,4-9,15H2,(H,16,17);(H,6,7)/t10-,11+,12+,14+;/m1./s1. The average Bonchev–Trinajstić information content (AvgIpc) is 3.04. The lowest BCUT2D eigenvalue weighted by Crippen LogP contribution is -2.35. The Morgan fingerprint density at radius 2 is 1.71 bits per heavy atom. The van der Waals surface area contributed by atoms with Gasteiger partial charge in [0.2, 0.25) is 0 Å². The Morgan fingerprint density at radius 3 is 2.17 bits per heavy atom. The van der Waals surface area contributed by atoms with Crippen LogP contribution in [0.4, 0.5) is 13.2 Å². The van der Waals surface area contributed by atoms with Crippen LogP contribution in [-0.4, -0.2) is 34.4 Å². The van der Waals surface area contributed by atoms with Crippen LogP contribution >= 0.6 is 0 Å². The number of carboxylic acids is 2. The summed E-state index contributed by atoms with van der Waals surface area (Å²) >= 11 is 0. The third-order valence-corrected chi connectivity index (χ3v) is 4.74. The molecule has 0 unspecified atom stereocenters. The Morgan fingerprint density at radius 1 is 1.12 bits per heavy atom.